The number of halogens is 1. The highest BCUT2D eigenvalue weighted by Crippen LogP contribution is 2.40. The summed E-state index contributed by atoms with van der Waals surface area (Å²) in [5.41, 5.74) is 2.60. The molecule has 31 heavy (non-hydrogen) atoms. The van der Waals surface area contributed by atoms with Gasteiger partial charge >= 0.3 is 0 Å². The molecule has 0 amide bonds. The van der Waals surface area contributed by atoms with Crippen LogP contribution >= 0.6 is 11.6 Å². The molecule has 0 aromatic heterocycles. The minimum Gasteiger partial charge on any atom is -0.512 e. The lowest BCUT2D eigenvalue weighted by Gasteiger charge is -2.26. The second kappa shape index (κ2) is 9.16. The maximum absolute atomic E-state index is 13.3. The van der Waals surface area contributed by atoms with Crippen molar-refractivity contribution in [2.75, 3.05) is 0 Å². The third-order valence-corrected chi connectivity index (χ3v) is 6.83. The van der Waals surface area contributed by atoms with E-state index in [1.54, 1.807) is 18.2 Å². The maximum Gasteiger partial charge on any atom is 0.167 e. The molecule has 2 aromatic carbocycles. The second-order valence-corrected chi connectivity index (χ2v) is 8.98. The average molecular weight is 436 g/mol. The van der Waals surface area contributed by atoms with Crippen LogP contribution in [0.1, 0.15) is 62.1 Å². The van der Waals surface area contributed by atoms with Crippen LogP contribution < -0.4 is 4.74 Å². The third kappa shape index (κ3) is 4.62. The van der Waals surface area contributed by atoms with Crippen molar-refractivity contribution in [1.29, 1.82) is 5.26 Å². The molecule has 4 nitrogen and oxygen atoms in total. The fourth-order valence-electron chi connectivity index (χ4n) is 4.79. The quantitative estimate of drug-likeness (QED) is 0.560. The molecule has 1 fully saturated rings. The van der Waals surface area contributed by atoms with Gasteiger partial charge in [0.15, 0.2) is 5.78 Å². The zero-order chi connectivity index (χ0) is 22.0. The second-order valence-electron chi connectivity index (χ2n) is 8.57. The normalized spacial score (nSPS) is 21.3. The predicted octanol–water partition coefficient (Wildman–Crippen LogP) is 7.00. The summed E-state index contributed by atoms with van der Waals surface area (Å²) in [5, 5.41) is 20.4. The van der Waals surface area contributed by atoms with Gasteiger partial charge in [-0.1, -0.05) is 24.6 Å². The lowest BCUT2D eigenvalue weighted by atomic mass is 9.79. The molecule has 0 radical (unpaired) electrons. The number of aryl methyl sites for hydroxylation is 1. The maximum atomic E-state index is 13.3. The van der Waals surface area contributed by atoms with Gasteiger partial charge < -0.3 is 9.84 Å². The molecule has 1 N–H and O–H groups in total. The van der Waals surface area contributed by atoms with Crippen LogP contribution in [-0.4, -0.2) is 10.9 Å². The molecule has 0 heterocycles. The van der Waals surface area contributed by atoms with Gasteiger partial charge in [-0.2, -0.15) is 5.26 Å². The molecule has 2 aromatic rings. The summed E-state index contributed by atoms with van der Waals surface area (Å²) < 4.78 is 5.99. The summed E-state index contributed by atoms with van der Waals surface area (Å²) in [6.07, 6.45) is 6.10. The Morgan fingerprint density at radius 2 is 1.71 bits per heavy atom. The number of carbonyl (C=O) groups is 1. The Balaban J connectivity index is 1.72. The van der Waals surface area contributed by atoms with Crippen LogP contribution in [0.4, 0.5) is 0 Å². The van der Waals surface area contributed by atoms with Crippen molar-refractivity contribution in [3.05, 3.63) is 63.9 Å². The molecular formula is C26H26ClNO3. The molecule has 5 heteroatoms. The summed E-state index contributed by atoms with van der Waals surface area (Å²) in [7, 11) is 0. The molecule has 0 unspecified atom stereocenters. The number of carbonyl (C=O) groups excluding carboxylic acids is 1. The Labute approximate surface area is 188 Å². The van der Waals surface area contributed by atoms with Crippen LogP contribution in [0.2, 0.25) is 5.02 Å². The highest BCUT2D eigenvalue weighted by molar-refractivity contribution is 6.31. The molecule has 0 saturated heterocycles. The lowest BCUT2D eigenvalue weighted by Crippen LogP contribution is -2.15. The van der Waals surface area contributed by atoms with Gasteiger partial charge in [-0.05, 0) is 79.3 Å². The molecule has 3 aliphatic rings. The van der Waals surface area contributed by atoms with Crippen molar-refractivity contribution >= 4 is 23.0 Å². The molecule has 2 bridgehead atoms. The number of hydrogen-bond acceptors (Lipinski definition) is 4. The van der Waals surface area contributed by atoms with Crippen molar-refractivity contribution in [2.45, 2.75) is 51.9 Å². The zero-order valence-electron chi connectivity index (χ0n) is 17.7. The number of ketones is 1. The van der Waals surface area contributed by atoms with E-state index in [1.165, 1.54) is 0 Å². The van der Waals surface area contributed by atoms with Crippen LogP contribution in [0.3, 0.4) is 0 Å². The van der Waals surface area contributed by atoms with Crippen molar-refractivity contribution in [3.8, 4) is 17.6 Å². The molecule has 0 atom stereocenters. The van der Waals surface area contributed by atoms with Crippen molar-refractivity contribution in [3.63, 3.8) is 0 Å². The first-order valence-corrected chi connectivity index (χ1v) is 11.3. The molecule has 5 rings (SSSR count). The monoisotopic (exact) mass is 435 g/mol. The number of aliphatic hydroxyl groups is 1. The van der Waals surface area contributed by atoms with E-state index in [4.69, 9.17) is 21.6 Å². The number of nitrogens with zero attached hydrogens (tertiary/aromatic N) is 1. The number of allylic oxidation sites excluding steroid dienone is 2. The molecule has 160 valence electrons. The smallest absolute Gasteiger partial charge is 0.167 e. The Morgan fingerprint density at radius 1 is 1.06 bits per heavy atom. The van der Waals surface area contributed by atoms with Gasteiger partial charge in [-0.25, -0.2) is 0 Å². The van der Waals surface area contributed by atoms with Gasteiger partial charge in [0.2, 0.25) is 0 Å². The SMILES string of the molecule is CCc1ccc(Oc2ccc(C#N)c(Cl)c2)cc1C1=C(O)CC2CCC(CC2)CC1=O. The van der Waals surface area contributed by atoms with E-state index < -0.39 is 0 Å². The zero-order valence-corrected chi connectivity index (χ0v) is 18.4. The van der Waals surface area contributed by atoms with Crippen molar-refractivity contribution in [2.24, 2.45) is 11.8 Å². The topological polar surface area (TPSA) is 70.3 Å². The first kappa shape index (κ1) is 21.5. The summed E-state index contributed by atoms with van der Waals surface area (Å²) >= 11 is 6.13. The van der Waals surface area contributed by atoms with Gasteiger partial charge in [-0.15, -0.1) is 0 Å². The standard InChI is InChI=1S/C26H26ClNO3/c1-2-18-7-9-20(31-21-10-8-19(15-28)23(27)14-21)13-22(18)26-24(29)11-16-3-4-17(6-5-16)12-25(26)30/h7-10,13-14,16-17,29H,2-6,11-12H2,1H3. The van der Waals surface area contributed by atoms with Crippen molar-refractivity contribution in [1.82, 2.24) is 0 Å². The van der Waals surface area contributed by atoms with Gasteiger partial charge in [0, 0.05) is 18.9 Å². The summed E-state index contributed by atoms with van der Waals surface area (Å²) in [6, 6.07) is 12.6. The molecule has 0 aliphatic heterocycles. The van der Waals surface area contributed by atoms with Gasteiger partial charge in [0.05, 0.1) is 16.2 Å². The van der Waals surface area contributed by atoms with Crippen LogP contribution in [-0.2, 0) is 11.2 Å². The molecule has 1 saturated carbocycles. The Morgan fingerprint density at radius 3 is 2.35 bits per heavy atom. The number of Topliss-reactive ketones (excluding diaryl/α,β-unsaturated/α-hetero) is 1. The van der Waals surface area contributed by atoms with Gasteiger partial charge in [0.25, 0.3) is 0 Å². The highest BCUT2D eigenvalue weighted by atomic mass is 35.5. The fourth-order valence-corrected chi connectivity index (χ4v) is 5.01. The van der Waals surface area contributed by atoms with Gasteiger partial charge in [-0.3, -0.25) is 4.79 Å². The first-order valence-electron chi connectivity index (χ1n) is 10.9. The summed E-state index contributed by atoms with van der Waals surface area (Å²) in [6.45, 7) is 2.04. The highest BCUT2D eigenvalue weighted by Gasteiger charge is 2.31. The van der Waals surface area contributed by atoms with Crippen molar-refractivity contribution < 1.29 is 14.6 Å². The number of fused-ring (bicyclic) bond motifs is 5. The fraction of sp³-hybridized carbons (Fsp3) is 0.385. The molecular weight excluding hydrogens is 410 g/mol. The van der Waals surface area contributed by atoms with Crippen LogP contribution in [0.15, 0.2) is 42.2 Å². The summed E-state index contributed by atoms with van der Waals surface area (Å²) in [5.74, 6) is 2.17. The Kier molecular flexibility index (Phi) is 6.34. The predicted molar refractivity (Wildman–Crippen MR) is 121 cm³/mol. The average Bonchev–Trinajstić information content (AvgIpc) is 2.84. The van der Waals surface area contributed by atoms with E-state index in [-0.39, 0.29) is 11.5 Å². The largest absolute Gasteiger partial charge is 0.512 e. The number of ether oxygens (including phenoxy) is 1. The molecule has 0 spiro atoms. The van der Waals surface area contributed by atoms with E-state index in [9.17, 15) is 9.90 Å². The van der Waals surface area contributed by atoms with E-state index in [0.29, 0.717) is 52.3 Å². The van der Waals surface area contributed by atoms with E-state index in [2.05, 4.69) is 0 Å². The van der Waals surface area contributed by atoms with Crippen LogP contribution in [0.5, 0.6) is 11.5 Å². The third-order valence-electron chi connectivity index (χ3n) is 6.52. The van der Waals surface area contributed by atoms with E-state index in [0.717, 1.165) is 43.2 Å². The number of rotatable bonds is 4. The minimum atomic E-state index is 0.0262. The number of hydrogen-bond donors (Lipinski definition) is 1. The van der Waals surface area contributed by atoms with Gasteiger partial charge in [0.1, 0.15) is 23.3 Å². The number of benzene rings is 2. The van der Waals surface area contributed by atoms with E-state index in [1.807, 2.05) is 31.2 Å². The Hall–Kier alpha value is -2.77. The van der Waals surface area contributed by atoms with Crippen LogP contribution in [0.25, 0.3) is 5.57 Å². The lowest BCUT2D eigenvalue weighted by molar-refractivity contribution is -0.114. The number of nitriles is 1. The minimum absolute atomic E-state index is 0.0262. The van der Waals surface area contributed by atoms with Crippen LogP contribution in [0, 0.1) is 23.2 Å². The summed E-state index contributed by atoms with van der Waals surface area (Å²) in [4.78, 5) is 13.3. The molecule has 3 aliphatic carbocycles. The number of aliphatic hydroxyl groups excluding tert-OH is 1. The first-order chi connectivity index (χ1) is 15.0. The Bertz CT molecular complexity index is 1070. The van der Waals surface area contributed by atoms with E-state index >= 15 is 0 Å².